The Morgan fingerprint density at radius 2 is 2.07 bits per heavy atom. The number of fused-ring (bicyclic) bond motifs is 1. The van der Waals surface area contributed by atoms with Gasteiger partial charge in [-0.2, -0.15) is 13.2 Å². The number of nitrogens with zero attached hydrogens (tertiary/aromatic N) is 1. The predicted molar refractivity (Wildman–Crippen MR) is 48.4 cm³/mol. The van der Waals surface area contributed by atoms with E-state index in [0.717, 1.165) is 12.1 Å². The monoisotopic (exact) mass is 215 g/mol. The SMILES string of the molecule is CCc1nc2ccc(C(F)(F)F)cc2o1. The molecule has 2 aromatic rings. The molecule has 5 heteroatoms. The zero-order valence-electron chi connectivity index (χ0n) is 7.93. The highest BCUT2D eigenvalue weighted by Gasteiger charge is 2.30. The van der Waals surface area contributed by atoms with Crippen LogP contribution in [0.3, 0.4) is 0 Å². The Balaban J connectivity index is 2.55. The molecule has 0 atom stereocenters. The van der Waals surface area contributed by atoms with E-state index in [9.17, 15) is 13.2 Å². The van der Waals surface area contributed by atoms with Gasteiger partial charge in [0, 0.05) is 6.42 Å². The largest absolute Gasteiger partial charge is 0.441 e. The van der Waals surface area contributed by atoms with E-state index in [1.807, 2.05) is 6.92 Å². The average molecular weight is 215 g/mol. The Hall–Kier alpha value is -1.52. The van der Waals surface area contributed by atoms with Crippen LogP contribution in [0.4, 0.5) is 13.2 Å². The van der Waals surface area contributed by atoms with E-state index < -0.39 is 11.7 Å². The number of halogens is 3. The second-order valence-electron chi connectivity index (χ2n) is 3.14. The number of oxazole rings is 1. The maximum atomic E-state index is 12.3. The summed E-state index contributed by atoms with van der Waals surface area (Å²) in [5.41, 5.74) is -0.0738. The fraction of sp³-hybridized carbons (Fsp3) is 0.300. The van der Waals surface area contributed by atoms with Crippen LogP contribution >= 0.6 is 0 Å². The van der Waals surface area contributed by atoms with Gasteiger partial charge >= 0.3 is 6.18 Å². The lowest BCUT2D eigenvalue weighted by Gasteiger charge is -2.04. The van der Waals surface area contributed by atoms with Gasteiger partial charge in [0.1, 0.15) is 5.52 Å². The summed E-state index contributed by atoms with van der Waals surface area (Å²) in [7, 11) is 0. The van der Waals surface area contributed by atoms with Gasteiger partial charge in [-0.3, -0.25) is 0 Å². The summed E-state index contributed by atoms with van der Waals surface area (Å²) in [6.07, 6.45) is -3.77. The lowest BCUT2D eigenvalue weighted by Crippen LogP contribution is -2.03. The van der Waals surface area contributed by atoms with Crippen molar-refractivity contribution in [1.29, 1.82) is 0 Å². The molecule has 1 heterocycles. The van der Waals surface area contributed by atoms with Gasteiger partial charge in [-0.15, -0.1) is 0 Å². The molecular weight excluding hydrogens is 207 g/mol. The molecule has 2 nitrogen and oxygen atoms in total. The van der Waals surface area contributed by atoms with Crippen LogP contribution in [0.2, 0.25) is 0 Å². The molecule has 0 spiro atoms. The number of rotatable bonds is 1. The first-order chi connectivity index (χ1) is 7.00. The van der Waals surface area contributed by atoms with Gasteiger partial charge in [0.25, 0.3) is 0 Å². The van der Waals surface area contributed by atoms with E-state index in [4.69, 9.17) is 4.42 Å². The molecule has 0 aliphatic heterocycles. The Morgan fingerprint density at radius 1 is 1.33 bits per heavy atom. The van der Waals surface area contributed by atoms with E-state index in [-0.39, 0.29) is 5.58 Å². The normalized spacial score (nSPS) is 12.3. The van der Waals surface area contributed by atoms with Crippen LogP contribution < -0.4 is 0 Å². The smallest absolute Gasteiger partial charge is 0.416 e. The molecule has 1 aromatic heterocycles. The maximum Gasteiger partial charge on any atom is 0.416 e. The van der Waals surface area contributed by atoms with E-state index >= 15 is 0 Å². The summed E-state index contributed by atoms with van der Waals surface area (Å²) in [4.78, 5) is 4.02. The number of benzene rings is 1. The first-order valence-corrected chi connectivity index (χ1v) is 4.47. The molecule has 0 radical (unpaired) electrons. The van der Waals surface area contributed by atoms with Crippen molar-refractivity contribution in [2.24, 2.45) is 0 Å². The second-order valence-corrected chi connectivity index (χ2v) is 3.14. The number of aromatic nitrogens is 1. The van der Waals surface area contributed by atoms with Gasteiger partial charge in [-0.1, -0.05) is 6.92 Å². The molecular formula is C10H8F3NO. The van der Waals surface area contributed by atoms with Crippen LogP contribution in [0.25, 0.3) is 11.1 Å². The summed E-state index contributed by atoms with van der Waals surface area (Å²) in [5, 5.41) is 0. The Bertz CT molecular complexity index is 487. The lowest BCUT2D eigenvalue weighted by molar-refractivity contribution is -0.137. The minimum Gasteiger partial charge on any atom is -0.441 e. The van der Waals surface area contributed by atoms with Gasteiger partial charge in [-0.05, 0) is 18.2 Å². The number of hydrogen-bond acceptors (Lipinski definition) is 2. The third-order valence-electron chi connectivity index (χ3n) is 2.06. The van der Waals surface area contributed by atoms with Gasteiger partial charge in [-0.25, -0.2) is 4.98 Å². The fourth-order valence-electron chi connectivity index (χ4n) is 1.30. The molecule has 1 aromatic carbocycles. The van der Waals surface area contributed by atoms with Crippen LogP contribution in [-0.2, 0) is 12.6 Å². The second kappa shape index (κ2) is 3.25. The van der Waals surface area contributed by atoms with Gasteiger partial charge < -0.3 is 4.42 Å². The quantitative estimate of drug-likeness (QED) is 0.728. The molecule has 0 fully saturated rings. The van der Waals surface area contributed by atoms with Crippen LogP contribution in [0.1, 0.15) is 18.4 Å². The molecule has 2 rings (SSSR count). The summed E-state index contributed by atoms with van der Waals surface area (Å²) in [6, 6.07) is 3.30. The third-order valence-corrected chi connectivity index (χ3v) is 2.06. The number of alkyl halides is 3. The summed E-state index contributed by atoms with van der Waals surface area (Å²) in [5.74, 6) is 0.448. The summed E-state index contributed by atoms with van der Waals surface area (Å²) >= 11 is 0. The third kappa shape index (κ3) is 1.82. The average Bonchev–Trinajstić information content (AvgIpc) is 2.57. The minimum atomic E-state index is -4.34. The minimum absolute atomic E-state index is 0.182. The van der Waals surface area contributed by atoms with E-state index in [0.29, 0.717) is 17.8 Å². The first kappa shape index (κ1) is 10.0. The van der Waals surface area contributed by atoms with Crippen LogP contribution in [0.15, 0.2) is 22.6 Å². The van der Waals surface area contributed by atoms with Gasteiger partial charge in [0.05, 0.1) is 5.56 Å². The standard InChI is InChI=1S/C10H8F3NO/c1-2-9-14-7-4-3-6(10(11,12)13)5-8(7)15-9/h3-5H,2H2,1H3. The van der Waals surface area contributed by atoms with Crippen LogP contribution in [0, 0.1) is 0 Å². The first-order valence-electron chi connectivity index (χ1n) is 4.47. The van der Waals surface area contributed by atoms with Gasteiger partial charge in [0.2, 0.25) is 0 Å². The molecule has 0 unspecified atom stereocenters. The molecule has 0 aliphatic carbocycles. The Labute approximate surface area is 83.7 Å². The maximum absolute atomic E-state index is 12.3. The van der Waals surface area contributed by atoms with Crippen LogP contribution in [-0.4, -0.2) is 4.98 Å². The van der Waals surface area contributed by atoms with Crippen molar-refractivity contribution in [2.45, 2.75) is 19.5 Å². The molecule has 0 amide bonds. The Morgan fingerprint density at radius 3 is 2.67 bits per heavy atom. The molecule has 0 N–H and O–H groups in total. The van der Waals surface area contributed by atoms with E-state index in [1.54, 1.807) is 0 Å². The summed E-state index contributed by atoms with van der Waals surface area (Å²) < 4.78 is 42.2. The molecule has 0 saturated heterocycles. The van der Waals surface area contributed by atoms with Crippen molar-refractivity contribution < 1.29 is 17.6 Å². The van der Waals surface area contributed by atoms with E-state index in [1.165, 1.54) is 6.07 Å². The van der Waals surface area contributed by atoms with Crippen molar-refractivity contribution in [3.05, 3.63) is 29.7 Å². The number of hydrogen-bond donors (Lipinski definition) is 0. The van der Waals surface area contributed by atoms with Crippen molar-refractivity contribution in [2.75, 3.05) is 0 Å². The molecule has 0 bridgehead atoms. The zero-order chi connectivity index (χ0) is 11.1. The van der Waals surface area contributed by atoms with Crippen molar-refractivity contribution in [3.8, 4) is 0 Å². The number of aryl methyl sites for hydroxylation is 1. The van der Waals surface area contributed by atoms with Gasteiger partial charge in [0.15, 0.2) is 11.5 Å². The highest BCUT2D eigenvalue weighted by molar-refractivity contribution is 5.73. The highest BCUT2D eigenvalue weighted by Crippen LogP contribution is 2.31. The van der Waals surface area contributed by atoms with Crippen LogP contribution in [0.5, 0.6) is 0 Å². The molecule has 0 saturated carbocycles. The summed E-state index contributed by atoms with van der Waals surface area (Å²) in [6.45, 7) is 1.83. The van der Waals surface area contributed by atoms with Crippen molar-refractivity contribution in [1.82, 2.24) is 4.98 Å². The topological polar surface area (TPSA) is 26.0 Å². The van der Waals surface area contributed by atoms with Crippen molar-refractivity contribution >= 4 is 11.1 Å². The Kier molecular flexibility index (Phi) is 2.17. The molecule has 15 heavy (non-hydrogen) atoms. The zero-order valence-corrected chi connectivity index (χ0v) is 7.93. The molecule has 0 aliphatic rings. The van der Waals surface area contributed by atoms with E-state index in [2.05, 4.69) is 4.98 Å². The molecule has 80 valence electrons. The predicted octanol–water partition coefficient (Wildman–Crippen LogP) is 3.41. The highest BCUT2D eigenvalue weighted by atomic mass is 19.4. The lowest BCUT2D eigenvalue weighted by atomic mass is 10.2. The fourth-order valence-corrected chi connectivity index (χ4v) is 1.30. The van der Waals surface area contributed by atoms with Crippen molar-refractivity contribution in [3.63, 3.8) is 0 Å².